The lowest BCUT2D eigenvalue weighted by Gasteiger charge is -2.29. The normalized spacial score (nSPS) is 20.6. The molecule has 0 bridgehead atoms. The lowest BCUT2D eigenvalue weighted by atomic mass is 9.89. The van der Waals surface area contributed by atoms with Gasteiger partial charge in [0.15, 0.2) is 5.92 Å². The number of carboxylic acids is 1. The third kappa shape index (κ3) is 4.00. The molecule has 0 aromatic carbocycles. The van der Waals surface area contributed by atoms with Gasteiger partial charge in [0.2, 0.25) is 6.29 Å². The molecule has 17 heavy (non-hydrogen) atoms. The summed E-state index contributed by atoms with van der Waals surface area (Å²) in [5.41, 5.74) is 0. The van der Waals surface area contributed by atoms with Gasteiger partial charge in [-0.2, -0.15) is 0 Å². The molecule has 1 fully saturated rings. The first-order chi connectivity index (χ1) is 8.06. The van der Waals surface area contributed by atoms with Crippen molar-refractivity contribution in [2.45, 2.75) is 45.3 Å². The zero-order valence-electron chi connectivity index (χ0n) is 10.3. The summed E-state index contributed by atoms with van der Waals surface area (Å²) in [6, 6.07) is 0. The van der Waals surface area contributed by atoms with Gasteiger partial charge in [0.05, 0.1) is 0 Å². The standard InChI is InChI=1S/C12H20O5/c1-8(10(13)14)11(15)17-12(16-2)9-6-4-3-5-7-9/h8-9,12H,3-7H2,1-2H3,(H,13,14). The van der Waals surface area contributed by atoms with Crippen molar-refractivity contribution in [1.29, 1.82) is 0 Å². The van der Waals surface area contributed by atoms with Crippen molar-refractivity contribution in [1.82, 2.24) is 0 Å². The van der Waals surface area contributed by atoms with Gasteiger partial charge in [-0.05, 0) is 19.8 Å². The average molecular weight is 244 g/mol. The van der Waals surface area contributed by atoms with Gasteiger partial charge in [-0.25, -0.2) is 0 Å². The van der Waals surface area contributed by atoms with Crippen LogP contribution in [0.25, 0.3) is 0 Å². The molecule has 0 aliphatic heterocycles. The summed E-state index contributed by atoms with van der Waals surface area (Å²) < 4.78 is 10.3. The highest BCUT2D eigenvalue weighted by Crippen LogP contribution is 2.28. The van der Waals surface area contributed by atoms with Crippen LogP contribution in [0.4, 0.5) is 0 Å². The van der Waals surface area contributed by atoms with Crippen molar-refractivity contribution >= 4 is 11.9 Å². The molecule has 0 heterocycles. The highest BCUT2D eigenvalue weighted by Gasteiger charge is 2.30. The van der Waals surface area contributed by atoms with Crippen LogP contribution in [0.3, 0.4) is 0 Å². The van der Waals surface area contributed by atoms with Gasteiger partial charge in [0.1, 0.15) is 0 Å². The second-order valence-corrected chi connectivity index (χ2v) is 4.50. The van der Waals surface area contributed by atoms with E-state index in [1.165, 1.54) is 20.5 Å². The molecular formula is C12H20O5. The van der Waals surface area contributed by atoms with E-state index in [1.807, 2.05) is 0 Å². The molecule has 2 atom stereocenters. The summed E-state index contributed by atoms with van der Waals surface area (Å²) in [7, 11) is 1.48. The number of methoxy groups -OCH3 is 1. The minimum atomic E-state index is -1.17. The summed E-state index contributed by atoms with van der Waals surface area (Å²) >= 11 is 0. The van der Waals surface area contributed by atoms with E-state index in [-0.39, 0.29) is 5.92 Å². The second-order valence-electron chi connectivity index (χ2n) is 4.50. The number of aliphatic carboxylic acids is 1. The Morgan fingerprint density at radius 3 is 2.29 bits per heavy atom. The van der Waals surface area contributed by atoms with Crippen LogP contribution in [0.15, 0.2) is 0 Å². The molecule has 2 unspecified atom stereocenters. The van der Waals surface area contributed by atoms with E-state index in [1.54, 1.807) is 0 Å². The first-order valence-electron chi connectivity index (χ1n) is 6.02. The summed E-state index contributed by atoms with van der Waals surface area (Å²) in [6.07, 6.45) is 4.74. The summed E-state index contributed by atoms with van der Waals surface area (Å²) in [5.74, 6) is -2.85. The quantitative estimate of drug-likeness (QED) is 0.453. The number of rotatable bonds is 5. The third-order valence-electron chi connectivity index (χ3n) is 3.22. The van der Waals surface area contributed by atoms with Crippen LogP contribution < -0.4 is 0 Å². The first kappa shape index (κ1) is 14.0. The van der Waals surface area contributed by atoms with Crippen LogP contribution in [-0.4, -0.2) is 30.4 Å². The molecule has 5 nitrogen and oxygen atoms in total. The van der Waals surface area contributed by atoms with Gasteiger partial charge in [-0.15, -0.1) is 0 Å². The molecule has 0 aromatic heterocycles. The van der Waals surface area contributed by atoms with E-state index in [2.05, 4.69) is 0 Å². The number of hydrogen-bond donors (Lipinski definition) is 1. The van der Waals surface area contributed by atoms with Gasteiger partial charge in [-0.1, -0.05) is 19.3 Å². The first-order valence-corrected chi connectivity index (χ1v) is 6.02. The number of esters is 1. The van der Waals surface area contributed by atoms with E-state index in [4.69, 9.17) is 14.6 Å². The van der Waals surface area contributed by atoms with Crippen molar-refractivity contribution in [2.24, 2.45) is 11.8 Å². The van der Waals surface area contributed by atoms with Crippen molar-refractivity contribution in [3.05, 3.63) is 0 Å². The van der Waals surface area contributed by atoms with E-state index in [9.17, 15) is 9.59 Å². The van der Waals surface area contributed by atoms with E-state index in [0.717, 1.165) is 25.7 Å². The topological polar surface area (TPSA) is 72.8 Å². The second kappa shape index (κ2) is 6.59. The molecule has 1 saturated carbocycles. The minimum absolute atomic E-state index is 0.193. The Hall–Kier alpha value is -1.10. The molecule has 0 aromatic rings. The van der Waals surface area contributed by atoms with Crippen molar-refractivity contribution in [3.63, 3.8) is 0 Å². The fraction of sp³-hybridized carbons (Fsp3) is 0.833. The summed E-state index contributed by atoms with van der Waals surface area (Å²) in [5, 5.41) is 8.71. The molecule has 5 heteroatoms. The Bertz CT molecular complexity index is 270. The lowest BCUT2D eigenvalue weighted by Crippen LogP contribution is -2.34. The summed E-state index contributed by atoms with van der Waals surface area (Å²) in [4.78, 5) is 22.2. The summed E-state index contributed by atoms with van der Waals surface area (Å²) in [6.45, 7) is 1.32. The smallest absolute Gasteiger partial charge is 0.322 e. The fourth-order valence-electron chi connectivity index (χ4n) is 2.06. The molecule has 0 amide bonds. The van der Waals surface area contributed by atoms with E-state index in [0.29, 0.717) is 0 Å². The molecule has 1 aliphatic rings. The molecule has 0 saturated heterocycles. The van der Waals surface area contributed by atoms with Gasteiger partial charge < -0.3 is 14.6 Å². The molecular weight excluding hydrogens is 224 g/mol. The van der Waals surface area contributed by atoms with Crippen molar-refractivity contribution in [2.75, 3.05) is 7.11 Å². The molecule has 0 radical (unpaired) electrons. The zero-order chi connectivity index (χ0) is 12.8. The monoisotopic (exact) mass is 244 g/mol. The Morgan fingerprint density at radius 1 is 1.24 bits per heavy atom. The maximum Gasteiger partial charge on any atom is 0.322 e. The van der Waals surface area contributed by atoms with E-state index >= 15 is 0 Å². The number of carboxylic acid groups (broad SMARTS) is 1. The van der Waals surface area contributed by atoms with Gasteiger partial charge in [0, 0.05) is 13.0 Å². The highest BCUT2D eigenvalue weighted by atomic mass is 16.7. The molecule has 1 aliphatic carbocycles. The zero-order valence-corrected chi connectivity index (χ0v) is 10.3. The lowest BCUT2D eigenvalue weighted by molar-refractivity contribution is -0.192. The van der Waals surface area contributed by atoms with Crippen LogP contribution in [-0.2, 0) is 19.1 Å². The maximum absolute atomic E-state index is 11.5. The average Bonchev–Trinajstić information content (AvgIpc) is 2.35. The molecule has 1 N–H and O–H groups in total. The third-order valence-corrected chi connectivity index (χ3v) is 3.22. The predicted molar refractivity (Wildman–Crippen MR) is 60.3 cm³/mol. The van der Waals surface area contributed by atoms with Crippen LogP contribution in [0.1, 0.15) is 39.0 Å². The predicted octanol–water partition coefficient (Wildman–Crippen LogP) is 1.80. The Morgan fingerprint density at radius 2 is 1.82 bits per heavy atom. The molecule has 98 valence electrons. The van der Waals surface area contributed by atoms with Gasteiger partial charge in [-0.3, -0.25) is 9.59 Å². The number of hydrogen-bond acceptors (Lipinski definition) is 4. The Labute approximate surface area is 101 Å². The van der Waals surface area contributed by atoms with Crippen molar-refractivity contribution in [3.8, 4) is 0 Å². The van der Waals surface area contributed by atoms with Crippen LogP contribution in [0.2, 0.25) is 0 Å². The van der Waals surface area contributed by atoms with E-state index < -0.39 is 24.1 Å². The largest absolute Gasteiger partial charge is 0.481 e. The highest BCUT2D eigenvalue weighted by molar-refractivity contribution is 5.93. The van der Waals surface area contributed by atoms with Crippen LogP contribution >= 0.6 is 0 Å². The molecule has 1 rings (SSSR count). The maximum atomic E-state index is 11.5. The van der Waals surface area contributed by atoms with Gasteiger partial charge in [0.25, 0.3) is 0 Å². The Balaban J connectivity index is 2.50. The fourth-order valence-corrected chi connectivity index (χ4v) is 2.06. The SMILES string of the molecule is COC(OC(=O)C(C)C(=O)O)C1CCCCC1. The number of carbonyl (C=O) groups is 2. The van der Waals surface area contributed by atoms with Crippen molar-refractivity contribution < 1.29 is 24.2 Å². The van der Waals surface area contributed by atoms with Crippen LogP contribution in [0.5, 0.6) is 0 Å². The minimum Gasteiger partial charge on any atom is -0.481 e. The number of ether oxygens (including phenoxy) is 2. The van der Waals surface area contributed by atoms with Gasteiger partial charge >= 0.3 is 11.9 Å². The van der Waals surface area contributed by atoms with Crippen LogP contribution in [0, 0.1) is 11.8 Å². The Kier molecular flexibility index (Phi) is 5.41. The molecule has 0 spiro atoms. The number of carbonyl (C=O) groups excluding carboxylic acids is 1.